The monoisotopic (exact) mass is 300 g/mol. The topological polar surface area (TPSA) is 40.9 Å². The van der Waals surface area contributed by atoms with E-state index in [9.17, 15) is 4.79 Å². The van der Waals surface area contributed by atoms with Crippen LogP contribution >= 0.6 is 0 Å². The maximum Gasteiger partial charge on any atom is 0.272 e. The van der Waals surface area contributed by atoms with Gasteiger partial charge in [0.25, 0.3) is 5.91 Å². The lowest BCUT2D eigenvalue weighted by Crippen LogP contribution is -2.44. The van der Waals surface area contributed by atoms with Crippen molar-refractivity contribution in [3.8, 4) is 0 Å². The summed E-state index contributed by atoms with van der Waals surface area (Å²) in [4.78, 5) is 21.7. The first-order chi connectivity index (χ1) is 10.5. The number of hydrogen-bond donors (Lipinski definition) is 0. The molecule has 0 aliphatic carbocycles. The summed E-state index contributed by atoms with van der Waals surface area (Å²) < 4.78 is 1.91. The van der Waals surface area contributed by atoms with Crippen molar-refractivity contribution < 1.29 is 4.79 Å². The summed E-state index contributed by atoms with van der Waals surface area (Å²) in [5.74, 6) is 0.0726. The Balaban J connectivity index is 1.90. The molecule has 0 aromatic carbocycles. The molecule has 1 fully saturated rings. The minimum Gasteiger partial charge on any atom is -0.337 e. The summed E-state index contributed by atoms with van der Waals surface area (Å²) in [6, 6.07) is 4.35. The van der Waals surface area contributed by atoms with E-state index in [1.54, 1.807) is 0 Å². The van der Waals surface area contributed by atoms with E-state index in [0.717, 1.165) is 42.8 Å². The number of carbonyl (C=O) groups is 1. The number of likely N-dealkylation sites (tertiary alicyclic amines) is 1. The van der Waals surface area contributed by atoms with Gasteiger partial charge in [0.2, 0.25) is 0 Å². The number of pyridine rings is 1. The number of amides is 1. The molecule has 2 aromatic heterocycles. The molecule has 1 amide bonds. The Morgan fingerprint density at radius 3 is 2.68 bits per heavy atom. The molecule has 3 heterocycles. The Kier molecular flexibility index (Phi) is 3.91. The zero-order valence-electron chi connectivity index (χ0n) is 13.8. The fourth-order valence-electron chi connectivity index (χ4n) is 3.24. The summed E-state index contributed by atoms with van der Waals surface area (Å²) in [5, 5.41) is 0. The van der Waals surface area contributed by atoms with Gasteiger partial charge in [-0.1, -0.05) is 0 Å². The molecule has 0 bridgehead atoms. The first-order valence-electron chi connectivity index (χ1n) is 7.88. The second kappa shape index (κ2) is 5.72. The third-order valence-electron chi connectivity index (χ3n) is 4.71. The van der Waals surface area contributed by atoms with Crippen LogP contribution in [0.15, 0.2) is 18.3 Å². The van der Waals surface area contributed by atoms with Crippen molar-refractivity contribution in [2.75, 3.05) is 27.2 Å². The van der Waals surface area contributed by atoms with Crippen molar-refractivity contribution >= 4 is 11.6 Å². The standard InChI is InChI=1S/C17H24N4O/c1-12-5-10-21-15(11-12)18-13(2)16(21)17(22)20(4)14-6-8-19(3)9-7-14/h5,10-11,14H,6-9H2,1-4H3. The molecule has 1 saturated heterocycles. The third-order valence-corrected chi connectivity index (χ3v) is 4.71. The van der Waals surface area contributed by atoms with Gasteiger partial charge in [-0.05, 0) is 64.5 Å². The molecular formula is C17H24N4O. The molecule has 0 radical (unpaired) electrons. The van der Waals surface area contributed by atoms with Crippen molar-refractivity contribution in [1.82, 2.24) is 19.2 Å². The number of hydrogen-bond acceptors (Lipinski definition) is 3. The zero-order valence-corrected chi connectivity index (χ0v) is 13.8. The van der Waals surface area contributed by atoms with Crippen molar-refractivity contribution in [2.45, 2.75) is 32.7 Å². The van der Waals surface area contributed by atoms with Gasteiger partial charge in [0.15, 0.2) is 0 Å². The van der Waals surface area contributed by atoms with Crippen molar-refractivity contribution in [3.63, 3.8) is 0 Å². The molecule has 0 spiro atoms. The molecule has 0 N–H and O–H groups in total. The van der Waals surface area contributed by atoms with E-state index in [2.05, 4.69) is 16.9 Å². The Hall–Kier alpha value is -1.88. The van der Waals surface area contributed by atoms with Gasteiger partial charge in [-0.25, -0.2) is 4.98 Å². The molecule has 2 aromatic rings. The Bertz CT molecular complexity index is 698. The number of imidazole rings is 1. The molecule has 0 saturated carbocycles. The van der Waals surface area contributed by atoms with Gasteiger partial charge in [0.05, 0.1) is 5.69 Å². The number of nitrogens with zero attached hydrogens (tertiary/aromatic N) is 4. The summed E-state index contributed by atoms with van der Waals surface area (Å²) in [6.45, 7) is 6.05. The molecule has 0 unspecified atom stereocenters. The van der Waals surface area contributed by atoms with Gasteiger partial charge in [-0.2, -0.15) is 0 Å². The van der Waals surface area contributed by atoms with Crippen LogP contribution in [0, 0.1) is 13.8 Å². The number of rotatable bonds is 2. The van der Waals surface area contributed by atoms with Gasteiger partial charge in [-0.3, -0.25) is 9.20 Å². The molecule has 5 nitrogen and oxygen atoms in total. The molecular weight excluding hydrogens is 276 g/mol. The van der Waals surface area contributed by atoms with Gasteiger partial charge in [0, 0.05) is 19.3 Å². The Morgan fingerprint density at radius 1 is 1.32 bits per heavy atom. The molecule has 5 heteroatoms. The summed E-state index contributed by atoms with van der Waals surface area (Å²) in [7, 11) is 4.06. The smallest absolute Gasteiger partial charge is 0.272 e. The van der Waals surface area contributed by atoms with Crippen LogP contribution in [0.25, 0.3) is 5.65 Å². The van der Waals surface area contributed by atoms with E-state index in [4.69, 9.17) is 0 Å². The Morgan fingerprint density at radius 2 is 2.00 bits per heavy atom. The highest BCUT2D eigenvalue weighted by molar-refractivity contribution is 5.94. The van der Waals surface area contributed by atoms with E-state index in [1.165, 1.54) is 0 Å². The fourth-order valence-corrected chi connectivity index (χ4v) is 3.24. The fraction of sp³-hybridized carbons (Fsp3) is 0.529. The first-order valence-corrected chi connectivity index (χ1v) is 7.88. The van der Waals surface area contributed by atoms with Crippen LogP contribution in [0.2, 0.25) is 0 Å². The molecule has 1 aliphatic heterocycles. The normalized spacial score (nSPS) is 17.1. The van der Waals surface area contributed by atoms with Crippen molar-refractivity contribution in [2.24, 2.45) is 0 Å². The first kappa shape index (κ1) is 15.0. The minimum atomic E-state index is 0.0726. The van der Waals surface area contributed by atoms with Gasteiger partial charge in [0.1, 0.15) is 11.3 Å². The maximum absolute atomic E-state index is 13.0. The van der Waals surface area contributed by atoms with Gasteiger partial charge in [-0.15, -0.1) is 0 Å². The quantitative estimate of drug-likeness (QED) is 0.853. The van der Waals surface area contributed by atoms with Crippen LogP contribution in [0.4, 0.5) is 0 Å². The summed E-state index contributed by atoms with van der Waals surface area (Å²) in [6.07, 6.45) is 4.02. The SMILES string of the molecule is Cc1ccn2c(C(=O)N(C)C3CCN(C)CC3)c(C)nc2c1. The molecule has 3 rings (SSSR count). The highest BCUT2D eigenvalue weighted by Crippen LogP contribution is 2.20. The van der Waals surface area contributed by atoms with Gasteiger partial charge >= 0.3 is 0 Å². The number of aromatic nitrogens is 2. The maximum atomic E-state index is 13.0. The lowest BCUT2D eigenvalue weighted by Gasteiger charge is -2.35. The van der Waals surface area contributed by atoms with Crippen molar-refractivity contribution in [1.29, 1.82) is 0 Å². The predicted molar refractivity (Wildman–Crippen MR) is 87.3 cm³/mol. The van der Waals surface area contributed by atoms with Crippen LogP contribution in [-0.2, 0) is 0 Å². The second-order valence-corrected chi connectivity index (χ2v) is 6.43. The molecule has 0 atom stereocenters. The number of aryl methyl sites for hydroxylation is 2. The number of carbonyl (C=O) groups excluding carboxylic acids is 1. The lowest BCUT2D eigenvalue weighted by molar-refractivity contribution is 0.0652. The van der Waals surface area contributed by atoms with Crippen LogP contribution in [0.5, 0.6) is 0 Å². The molecule has 118 valence electrons. The third kappa shape index (κ3) is 2.61. The van der Waals surface area contributed by atoms with Crippen LogP contribution < -0.4 is 0 Å². The van der Waals surface area contributed by atoms with Crippen LogP contribution in [0.1, 0.15) is 34.6 Å². The average molecular weight is 300 g/mol. The summed E-state index contributed by atoms with van der Waals surface area (Å²) >= 11 is 0. The minimum absolute atomic E-state index is 0.0726. The Labute approximate surface area is 131 Å². The van der Waals surface area contributed by atoms with Crippen LogP contribution in [0.3, 0.4) is 0 Å². The van der Waals surface area contributed by atoms with E-state index >= 15 is 0 Å². The summed E-state index contributed by atoms with van der Waals surface area (Å²) in [5.41, 5.74) is 3.49. The van der Waals surface area contributed by atoms with Gasteiger partial charge < -0.3 is 9.80 Å². The molecule has 22 heavy (non-hydrogen) atoms. The molecule has 1 aliphatic rings. The second-order valence-electron chi connectivity index (χ2n) is 6.43. The zero-order chi connectivity index (χ0) is 15.9. The highest BCUT2D eigenvalue weighted by atomic mass is 16.2. The predicted octanol–water partition coefficient (Wildman–Crippen LogP) is 2.12. The van der Waals surface area contributed by atoms with Crippen molar-refractivity contribution in [3.05, 3.63) is 35.3 Å². The van der Waals surface area contributed by atoms with Crippen LogP contribution in [-0.4, -0.2) is 58.3 Å². The van der Waals surface area contributed by atoms with E-state index in [0.29, 0.717) is 11.7 Å². The number of fused-ring (bicyclic) bond motifs is 1. The van der Waals surface area contributed by atoms with E-state index in [-0.39, 0.29) is 5.91 Å². The lowest BCUT2D eigenvalue weighted by atomic mass is 10.0. The number of piperidine rings is 1. The van der Waals surface area contributed by atoms with E-state index in [1.807, 2.05) is 48.5 Å². The average Bonchev–Trinajstić information content (AvgIpc) is 2.81. The van der Waals surface area contributed by atoms with E-state index < -0.39 is 0 Å². The largest absolute Gasteiger partial charge is 0.337 e. The highest BCUT2D eigenvalue weighted by Gasteiger charge is 2.27.